The van der Waals surface area contributed by atoms with Crippen LogP contribution >= 0.6 is 11.6 Å². The molecule has 0 saturated carbocycles. The van der Waals surface area contributed by atoms with Gasteiger partial charge in [-0.15, -0.1) is 0 Å². The van der Waals surface area contributed by atoms with Crippen molar-refractivity contribution in [2.45, 2.75) is 25.4 Å². The minimum Gasteiger partial charge on any atom is -0.476 e. The minimum absolute atomic E-state index is 0.00429. The first kappa shape index (κ1) is 13.1. The largest absolute Gasteiger partial charge is 0.476 e. The summed E-state index contributed by atoms with van der Waals surface area (Å²) >= 11 is 5.88. The summed E-state index contributed by atoms with van der Waals surface area (Å²) in [6.07, 6.45) is 1.37. The van der Waals surface area contributed by atoms with E-state index in [9.17, 15) is 9.90 Å². The molecule has 1 aromatic carbocycles. The van der Waals surface area contributed by atoms with E-state index in [4.69, 9.17) is 17.3 Å². The van der Waals surface area contributed by atoms with Gasteiger partial charge < -0.3 is 15.4 Å². The molecular weight excluding hydrogens is 278 g/mol. The van der Waals surface area contributed by atoms with Gasteiger partial charge in [-0.05, 0) is 30.7 Å². The van der Waals surface area contributed by atoms with Crippen molar-refractivity contribution in [3.63, 3.8) is 0 Å². The number of nitrogens with two attached hydrogens (primary N) is 1. The fourth-order valence-corrected chi connectivity index (χ4v) is 2.70. The molecule has 0 spiro atoms. The first-order chi connectivity index (χ1) is 9.56. The van der Waals surface area contributed by atoms with Crippen molar-refractivity contribution in [2.24, 2.45) is 5.73 Å². The van der Waals surface area contributed by atoms with Crippen LogP contribution < -0.4 is 5.73 Å². The summed E-state index contributed by atoms with van der Waals surface area (Å²) in [5.74, 6) is -0.343. The van der Waals surface area contributed by atoms with Crippen LogP contribution in [-0.4, -0.2) is 26.7 Å². The monoisotopic (exact) mass is 291 g/mol. The molecule has 1 aliphatic rings. The quantitative estimate of drug-likeness (QED) is 0.888. The van der Waals surface area contributed by atoms with Crippen molar-refractivity contribution >= 4 is 17.6 Å². The average Bonchev–Trinajstić information content (AvgIpc) is 2.78. The van der Waals surface area contributed by atoms with Gasteiger partial charge in [-0.2, -0.15) is 0 Å². The van der Waals surface area contributed by atoms with Gasteiger partial charge in [0, 0.05) is 29.6 Å². The molecule has 1 aromatic heterocycles. The average molecular weight is 292 g/mol. The standard InChI is InChI=1S/C14H14ClN3O2/c15-9-3-1-8(2-4-9)13-17-12(14(19)20)11-7-10(16)5-6-18(11)13/h1-4,10H,5-7,16H2,(H,19,20). The number of fused-ring (bicyclic) bond motifs is 1. The van der Waals surface area contributed by atoms with E-state index in [0.29, 0.717) is 29.5 Å². The lowest BCUT2D eigenvalue weighted by molar-refractivity contribution is 0.0689. The van der Waals surface area contributed by atoms with Crippen LogP contribution in [0.2, 0.25) is 5.02 Å². The normalized spacial score (nSPS) is 17.8. The molecule has 0 saturated heterocycles. The van der Waals surface area contributed by atoms with Gasteiger partial charge in [0.2, 0.25) is 0 Å². The highest BCUT2D eigenvalue weighted by Crippen LogP contribution is 2.28. The lowest BCUT2D eigenvalue weighted by atomic mass is 10.0. The van der Waals surface area contributed by atoms with E-state index < -0.39 is 5.97 Å². The molecule has 6 heteroatoms. The number of carbonyl (C=O) groups is 1. The maximum atomic E-state index is 11.3. The van der Waals surface area contributed by atoms with Crippen LogP contribution in [0, 0.1) is 0 Å². The number of hydrogen-bond donors (Lipinski definition) is 2. The number of carboxylic acids is 1. The summed E-state index contributed by atoms with van der Waals surface area (Å²) < 4.78 is 1.95. The molecule has 0 amide bonds. The number of halogens is 1. The molecule has 1 atom stereocenters. The highest BCUT2D eigenvalue weighted by molar-refractivity contribution is 6.30. The molecule has 3 N–H and O–H groups in total. The second-order valence-electron chi connectivity index (χ2n) is 4.95. The molecule has 2 heterocycles. The number of hydrogen-bond acceptors (Lipinski definition) is 3. The van der Waals surface area contributed by atoms with E-state index in [1.807, 2.05) is 16.7 Å². The summed E-state index contributed by atoms with van der Waals surface area (Å²) in [5.41, 5.74) is 7.61. The van der Waals surface area contributed by atoms with Crippen LogP contribution in [0.5, 0.6) is 0 Å². The third-order valence-electron chi connectivity index (χ3n) is 3.56. The molecule has 3 rings (SSSR count). The Labute approximate surface area is 121 Å². The van der Waals surface area contributed by atoms with Crippen molar-refractivity contribution in [1.29, 1.82) is 0 Å². The third-order valence-corrected chi connectivity index (χ3v) is 3.81. The van der Waals surface area contributed by atoms with Crippen molar-refractivity contribution < 1.29 is 9.90 Å². The number of rotatable bonds is 2. The predicted octanol–water partition coefficient (Wildman–Crippen LogP) is 2.18. The van der Waals surface area contributed by atoms with Gasteiger partial charge in [0.25, 0.3) is 0 Å². The minimum atomic E-state index is -1.01. The van der Waals surface area contributed by atoms with E-state index in [-0.39, 0.29) is 11.7 Å². The van der Waals surface area contributed by atoms with Gasteiger partial charge in [0.05, 0.1) is 5.69 Å². The maximum Gasteiger partial charge on any atom is 0.356 e. The van der Waals surface area contributed by atoms with Crippen molar-refractivity contribution in [3.8, 4) is 11.4 Å². The zero-order valence-corrected chi connectivity index (χ0v) is 11.5. The Morgan fingerprint density at radius 2 is 2.10 bits per heavy atom. The fourth-order valence-electron chi connectivity index (χ4n) is 2.57. The first-order valence-corrected chi connectivity index (χ1v) is 6.78. The lowest BCUT2D eigenvalue weighted by Crippen LogP contribution is -2.31. The van der Waals surface area contributed by atoms with Crippen molar-refractivity contribution in [3.05, 3.63) is 40.7 Å². The number of aromatic nitrogens is 2. The molecule has 5 nitrogen and oxygen atoms in total. The van der Waals surface area contributed by atoms with Gasteiger partial charge in [-0.1, -0.05) is 11.6 Å². The lowest BCUT2D eigenvalue weighted by Gasteiger charge is -2.22. The maximum absolute atomic E-state index is 11.3. The number of benzene rings is 1. The predicted molar refractivity (Wildman–Crippen MR) is 75.9 cm³/mol. The van der Waals surface area contributed by atoms with E-state index in [1.165, 1.54) is 0 Å². The molecule has 0 aliphatic carbocycles. The van der Waals surface area contributed by atoms with Crippen molar-refractivity contribution in [1.82, 2.24) is 9.55 Å². The summed E-state index contributed by atoms with van der Waals surface area (Å²) in [6.45, 7) is 0.689. The number of carboxylic acid groups (broad SMARTS) is 1. The molecule has 1 unspecified atom stereocenters. The van der Waals surface area contributed by atoms with Crippen LogP contribution in [0.15, 0.2) is 24.3 Å². The number of aromatic carboxylic acids is 1. The van der Waals surface area contributed by atoms with E-state index >= 15 is 0 Å². The van der Waals surface area contributed by atoms with Crippen LogP contribution in [0.25, 0.3) is 11.4 Å². The van der Waals surface area contributed by atoms with E-state index in [0.717, 1.165) is 12.0 Å². The second-order valence-corrected chi connectivity index (χ2v) is 5.38. The summed E-state index contributed by atoms with van der Waals surface area (Å²) in [6, 6.07) is 7.23. The molecule has 2 aromatic rings. The Morgan fingerprint density at radius 1 is 1.40 bits per heavy atom. The molecule has 104 valence electrons. The Balaban J connectivity index is 2.14. The molecule has 0 fully saturated rings. The zero-order chi connectivity index (χ0) is 14.3. The zero-order valence-electron chi connectivity index (χ0n) is 10.7. The van der Waals surface area contributed by atoms with Crippen LogP contribution in [0.1, 0.15) is 22.6 Å². The molecule has 0 radical (unpaired) electrons. The van der Waals surface area contributed by atoms with Gasteiger partial charge in [-0.25, -0.2) is 9.78 Å². The fraction of sp³-hybridized carbons (Fsp3) is 0.286. The molecule has 20 heavy (non-hydrogen) atoms. The Bertz CT molecular complexity index is 664. The Kier molecular flexibility index (Phi) is 3.23. The summed E-state index contributed by atoms with van der Waals surface area (Å²) in [7, 11) is 0. The van der Waals surface area contributed by atoms with Crippen LogP contribution in [-0.2, 0) is 13.0 Å². The highest BCUT2D eigenvalue weighted by atomic mass is 35.5. The first-order valence-electron chi connectivity index (χ1n) is 6.40. The summed E-state index contributed by atoms with van der Waals surface area (Å²) in [4.78, 5) is 15.6. The van der Waals surface area contributed by atoms with Gasteiger partial charge >= 0.3 is 5.97 Å². The Hall–Kier alpha value is -1.85. The van der Waals surface area contributed by atoms with Gasteiger partial charge in [-0.3, -0.25) is 0 Å². The van der Waals surface area contributed by atoms with Gasteiger partial charge in [0.15, 0.2) is 5.69 Å². The van der Waals surface area contributed by atoms with Crippen LogP contribution in [0.3, 0.4) is 0 Å². The Morgan fingerprint density at radius 3 is 2.75 bits per heavy atom. The number of imidazole rings is 1. The third kappa shape index (κ3) is 2.19. The summed E-state index contributed by atoms with van der Waals surface area (Å²) in [5, 5.41) is 9.93. The van der Waals surface area contributed by atoms with Crippen LogP contribution in [0.4, 0.5) is 0 Å². The van der Waals surface area contributed by atoms with E-state index in [1.54, 1.807) is 12.1 Å². The van der Waals surface area contributed by atoms with Crippen molar-refractivity contribution in [2.75, 3.05) is 0 Å². The highest BCUT2D eigenvalue weighted by Gasteiger charge is 2.27. The number of nitrogens with zero attached hydrogens (tertiary/aromatic N) is 2. The molecule has 0 bridgehead atoms. The molecule has 1 aliphatic heterocycles. The SMILES string of the molecule is NC1CCn2c(-c3ccc(Cl)cc3)nc(C(=O)O)c2C1. The smallest absolute Gasteiger partial charge is 0.356 e. The molecular formula is C14H14ClN3O2. The van der Waals surface area contributed by atoms with E-state index in [2.05, 4.69) is 4.98 Å². The van der Waals surface area contributed by atoms with Gasteiger partial charge in [0.1, 0.15) is 5.82 Å². The topological polar surface area (TPSA) is 81.1 Å². The second kappa shape index (κ2) is 4.92.